The molecular weight excluding hydrogens is 126 g/mol. The SMILES string of the molecule is C1=C2C=C(C2)C2=COCN12. The number of rotatable bonds is 0. The van der Waals surface area contributed by atoms with Crippen LogP contribution in [0.5, 0.6) is 0 Å². The Bertz CT molecular complexity index is 286. The molecule has 0 radical (unpaired) electrons. The fraction of sp³-hybridized carbons (Fsp3) is 0.250. The summed E-state index contributed by atoms with van der Waals surface area (Å²) in [6, 6.07) is 0. The van der Waals surface area contributed by atoms with Crippen LogP contribution in [0.25, 0.3) is 0 Å². The van der Waals surface area contributed by atoms with Crippen LogP contribution in [0, 0.1) is 0 Å². The van der Waals surface area contributed by atoms with Gasteiger partial charge in [0, 0.05) is 12.6 Å². The van der Waals surface area contributed by atoms with E-state index in [1.54, 1.807) is 0 Å². The van der Waals surface area contributed by atoms with E-state index < -0.39 is 0 Å². The van der Waals surface area contributed by atoms with Gasteiger partial charge in [-0.3, -0.25) is 0 Å². The van der Waals surface area contributed by atoms with Crippen molar-refractivity contribution in [2.24, 2.45) is 0 Å². The first-order chi connectivity index (χ1) is 4.93. The predicted octanol–water partition coefficient (Wildman–Crippen LogP) is 1.35. The second kappa shape index (κ2) is 1.29. The molecule has 0 aromatic carbocycles. The van der Waals surface area contributed by atoms with Crippen LogP contribution in [-0.2, 0) is 4.74 Å². The highest BCUT2D eigenvalue weighted by molar-refractivity contribution is 5.53. The molecule has 4 aliphatic rings. The number of nitrogens with zero attached hydrogens (tertiary/aromatic N) is 1. The molecule has 0 saturated carbocycles. The number of hydrogen-bond acceptors (Lipinski definition) is 2. The third-order valence-corrected chi connectivity index (χ3v) is 2.12. The molecule has 3 aliphatic heterocycles. The zero-order valence-corrected chi connectivity index (χ0v) is 5.50. The lowest BCUT2D eigenvalue weighted by Gasteiger charge is -2.30. The predicted molar refractivity (Wildman–Crippen MR) is 36.7 cm³/mol. The van der Waals surface area contributed by atoms with Gasteiger partial charge in [-0.15, -0.1) is 0 Å². The van der Waals surface area contributed by atoms with Crippen molar-refractivity contribution in [2.75, 3.05) is 6.73 Å². The molecule has 0 saturated heterocycles. The summed E-state index contributed by atoms with van der Waals surface area (Å²) in [5, 5.41) is 0. The van der Waals surface area contributed by atoms with Crippen LogP contribution in [0.2, 0.25) is 0 Å². The van der Waals surface area contributed by atoms with Gasteiger partial charge in [-0.05, 0) is 11.1 Å². The van der Waals surface area contributed by atoms with Crippen molar-refractivity contribution in [1.29, 1.82) is 0 Å². The Hall–Kier alpha value is -1.18. The van der Waals surface area contributed by atoms with E-state index in [2.05, 4.69) is 17.2 Å². The van der Waals surface area contributed by atoms with E-state index in [9.17, 15) is 0 Å². The summed E-state index contributed by atoms with van der Waals surface area (Å²) in [4.78, 5) is 2.15. The average molecular weight is 133 g/mol. The van der Waals surface area contributed by atoms with Crippen LogP contribution in [-0.4, -0.2) is 11.6 Å². The molecule has 0 aromatic rings. The van der Waals surface area contributed by atoms with Crippen molar-refractivity contribution >= 4 is 0 Å². The fourth-order valence-corrected chi connectivity index (χ4v) is 1.56. The summed E-state index contributed by atoms with van der Waals surface area (Å²) < 4.78 is 5.17. The summed E-state index contributed by atoms with van der Waals surface area (Å²) in [6.45, 7) is 0.705. The summed E-state index contributed by atoms with van der Waals surface area (Å²) in [5.74, 6) is 0. The van der Waals surface area contributed by atoms with Crippen LogP contribution in [0.1, 0.15) is 6.42 Å². The summed E-state index contributed by atoms with van der Waals surface area (Å²) >= 11 is 0. The quantitative estimate of drug-likeness (QED) is 0.494. The van der Waals surface area contributed by atoms with E-state index in [1.807, 2.05) is 6.26 Å². The van der Waals surface area contributed by atoms with Gasteiger partial charge in [0.15, 0.2) is 6.73 Å². The molecule has 0 fully saturated rings. The molecule has 0 spiro atoms. The molecule has 50 valence electrons. The van der Waals surface area contributed by atoms with Gasteiger partial charge in [0.05, 0.1) is 5.70 Å². The highest BCUT2D eigenvalue weighted by Crippen LogP contribution is 2.40. The van der Waals surface area contributed by atoms with Gasteiger partial charge in [-0.2, -0.15) is 0 Å². The molecule has 2 nitrogen and oxygen atoms in total. The van der Waals surface area contributed by atoms with E-state index in [-0.39, 0.29) is 0 Å². The van der Waals surface area contributed by atoms with Crippen molar-refractivity contribution in [3.8, 4) is 0 Å². The van der Waals surface area contributed by atoms with E-state index >= 15 is 0 Å². The molecule has 0 aromatic heterocycles. The minimum Gasteiger partial charge on any atom is -0.478 e. The van der Waals surface area contributed by atoms with E-state index in [0.29, 0.717) is 6.73 Å². The minimum absolute atomic E-state index is 0.705. The van der Waals surface area contributed by atoms with E-state index in [1.165, 1.54) is 16.8 Å². The van der Waals surface area contributed by atoms with Gasteiger partial charge < -0.3 is 9.64 Å². The van der Waals surface area contributed by atoms with Crippen LogP contribution in [0.15, 0.2) is 35.4 Å². The lowest BCUT2D eigenvalue weighted by Crippen LogP contribution is -2.23. The number of allylic oxidation sites excluding steroid dienone is 3. The Morgan fingerprint density at radius 3 is 3.20 bits per heavy atom. The standard InChI is InChI=1S/C8H7NO/c1-6-2-7(1)8-4-10-5-9(8)3-6/h1,3-4H,2,5H2. The summed E-state index contributed by atoms with van der Waals surface area (Å²) in [6.07, 6.45) is 7.37. The molecule has 3 heterocycles. The zero-order valence-electron chi connectivity index (χ0n) is 5.50. The van der Waals surface area contributed by atoms with E-state index in [0.717, 1.165) is 6.42 Å². The Morgan fingerprint density at radius 1 is 1.50 bits per heavy atom. The Balaban J connectivity index is 2.17. The molecule has 4 rings (SSSR count). The minimum atomic E-state index is 0.705. The molecule has 1 aliphatic carbocycles. The van der Waals surface area contributed by atoms with Gasteiger partial charge in [-0.1, -0.05) is 6.08 Å². The maximum atomic E-state index is 5.17. The Labute approximate surface area is 59.1 Å². The molecule has 0 atom stereocenters. The van der Waals surface area contributed by atoms with Crippen LogP contribution in [0.4, 0.5) is 0 Å². The molecule has 0 N–H and O–H groups in total. The molecule has 10 heavy (non-hydrogen) atoms. The van der Waals surface area contributed by atoms with Crippen LogP contribution in [0.3, 0.4) is 0 Å². The lowest BCUT2D eigenvalue weighted by molar-refractivity contribution is 0.199. The third-order valence-electron chi connectivity index (χ3n) is 2.12. The molecule has 2 heteroatoms. The summed E-state index contributed by atoms with van der Waals surface area (Å²) in [7, 11) is 0. The first kappa shape index (κ1) is 4.61. The molecule has 2 bridgehead atoms. The third kappa shape index (κ3) is 0.375. The maximum Gasteiger partial charge on any atom is 0.164 e. The van der Waals surface area contributed by atoms with Gasteiger partial charge in [0.1, 0.15) is 6.26 Å². The molecular formula is C8H7NO. The summed E-state index contributed by atoms with van der Waals surface area (Å²) in [5.41, 5.74) is 4.11. The van der Waals surface area contributed by atoms with Crippen molar-refractivity contribution in [2.45, 2.75) is 6.42 Å². The smallest absolute Gasteiger partial charge is 0.164 e. The maximum absolute atomic E-state index is 5.17. The van der Waals surface area contributed by atoms with Crippen molar-refractivity contribution in [3.63, 3.8) is 0 Å². The topological polar surface area (TPSA) is 12.5 Å². The Kier molecular flexibility index (Phi) is 0.592. The second-order valence-electron chi connectivity index (χ2n) is 2.82. The monoisotopic (exact) mass is 133 g/mol. The largest absolute Gasteiger partial charge is 0.478 e. The highest BCUT2D eigenvalue weighted by Gasteiger charge is 2.29. The fourth-order valence-electron chi connectivity index (χ4n) is 1.56. The number of ether oxygens (including phenoxy) is 1. The van der Waals surface area contributed by atoms with Gasteiger partial charge in [0.25, 0.3) is 0 Å². The van der Waals surface area contributed by atoms with Gasteiger partial charge in [-0.25, -0.2) is 0 Å². The lowest BCUT2D eigenvalue weighted by atomic mass is 9.88. The van der Waals surface area contributed by atoms with Crippen molar-refractivity contribution < 1.29 is 4.74 Å². The van der Waals surface area contributed by atoms with Gasteiger partial charge >= 0.3 is 0 Å². The van der Waals surface area contributed by atoms with Crippen molar-refractivity contribution in [1.82, 2.24) is 4.90 Å². The average Bonchev–Trinajstić information content (AvgIpc) is 2.29. The number of hydrogen-bond donors (Lipinski definition) is 0. The van der Waals surface area contributed by atoms with Gasteiger partial charge in [0.2, 0.25) is 0 Å². The first-order valence-electron chi connectivity index (χ1n) is 3.43. The zero-order chi connectivity index (χ0) is 6.55. The second-order valence-corrected chi connectivity index (χ2v) is 2.82. The van der Waals surface area contributed by atoms with Crippen molar-refractivity contribution in [3.05, 3.63) is 35.4 Å². The molecule has 0 unspecified atom stereocenters. The van der Waals surface area contributed by atoms with Crippen LogP contribution < -0.4 is 0 Å². The van der Waals surface area contributed by atoms with Crippen LogP contribution >= 0.6 is 0 Å². The highest BCUT2D eigenvalue weighted by atomic mass is 16.5. The first-order valence-corrected chi connectivity index (χ1v) is 3.43. The molecule has 0 amide bonds. The normalized spacial score (nSPS) is 25.6. The van der Waals surface area contributed by atoms with E-state index in [4.69, 9.17) is 4.74 Å². The Morgan fingerprint density at radius 2 is 2.40 bits per heavy atom.